The SMILES string of the molecule is C=C(C)N.CCC.CCCC(CCC)=NCC.CCCCc1ccccc1. The Morgan fingerprint density at radius 2 is 1.33 bits per heavy atom. The van der Waals surface area contributed by atoms with Gasteiger partial charge in [0.1, 0.15) is 0 Å². The van der Waals surface area contributed by atoms with Gasteiger partial charge in [0, 0.05) is 12.3 Å². The molecule has 0 atom stereocenters. The van der Waals surface area contributed by atoms with Gasteiger partial charge in [-0.15, -0.1) is 0 Å². The molecule has 0 aliphatic carbocycles. The highest BCUT2D eigenvalue weighted by Crippen LogP contribution is 2.03. The van der Waals surface area contributed by atoms with Gasteiger partial charge in [-0.1, -0.05) is 97.2 Å². The van der Waals surface area contributed by atoms with Crippen LogP contribution in [0.25, 0.3) is 0 Å². The molecule has 0 saturated heterocycles. The lowest BCUT2D eigenvalue weighted by Gasteiger charge is -2.00. The van der Waals surface area contributed by atoms with E-state index in [1.165, 1.54) is 62.6 Å². The van der Waals surface area contributed by atoms with Gasteiger partial charge in [-0.05, 0) is 50.8 Å². The Morgan fingerprint density at radius 3 is 1.67 bits per heavy atom. The highest BCUT2D eigenvalue weighted by Gasteiger charge is 1.93. The molecule has 2 N–H and O–H groups in total. The number of aliphatic imine (C=N–C) groups is 1. The lowest BCUT2D eigenvalue weighted by Crippen LogP contribution is -1.97. The van der Waals surface area contributed by atoms with Gasteiger partial charge < -0.3 is 5.73 Å². The van der Waals surface area contributed by atoms with Gasteiger partial charge in [0.2, 0.25) is 0 Å². The third-order valence-corrected chi connectivity index (χ3v) is 3.12. The Labute approximate surface area is 171 Å². The van der Waals surface area contributed by atoms with E-state index in [4.69, 9.17) is 5.73 Å². The summed E-state index contributed by atoms with van der Waals surface area (Å²) in [6.07, 6.45) is 9.94. The van der Waals surface area contributed by atoms with Gasteiger partial charge in [-0.3, -0.25) is 4.99 Å². The smallest absolute Gasteiger partial charge is 0.0360 e. The molecular weight excluding hydrogens is 328 g/mol. The molecule has 0 unspecified atom stereocenters. The lowest BCUT2D eigenvalue weighted by molar-refractivity contribution is 0.795. The fourth-order valence-electron chi connectivity index (χ4n) is 2.11. The first kappa shape index (κ1) is 30.2. The summed E-state index contributed by atoms with van der Waals surface area (Å²) in [4.78, 5) is 4.42. The van der Waals surface area contributed by atoms with Gasteiger partial charge in [0.05, 0.1) is 0 Å². The number of aryl methyl sites for hydroxylation is 1. The zero-order valence-corrected chi connectivity index (χ0v) is 19.5. The van der Waals surface area contributed by atoms with Crippen molar-refractivity contribution in [1.82, 2.24) is 0 Å². The molecule has 2 nitrogen and oxygen atoms in total. The van der Waals surface area contributed by atoms with E-state index in [-0.39, 0.29) is 0 Å². The number of benzene rings is 1. The summed E-state index contributed by atoms with van der Waals surface area (Å²) < 4.78 is 0. The van der Waals surface area contributed by atoms with Gasteiger partial charge in [0.15, 0.2) is 0 Å². The minimum absolute atomic E-state index is 0.667. The van der Waals surface area contributed by atoms with Gasteiger partial charge in [0.25, 0.3) is 0 Å². The summed E-state index contributed by atoms with van der Waals surface area (Å²) in [5.74, 6) is 0. The molecule has 0 aromatic heterocycles. The van der Waals surface area contributed by atoms with Crippen LogP contribution < -0.4 is 5.73 Å². The van der Waals surface area contributed by atoms with E-state index in [0.717, 1.165) is 6.54 Å². The van der Waals surface area contributed by atoms with Crippen molar-refractivity contribution in [3.63, 3.8) is 0 Å². The van der Waals surface area contributed by atoms with Crippen LogP contribution in [0.1, 0.15) is 99.0 Å². The minimum Gasteiger partial charge on any atom is -0.403 e. The third kappa shape index (κ3) is 32.6. The Kier molecular flexibility index (Phi) is 29.8. The summed E-state index contributed by atoms with van der Waals surface area (Å²) in [5, 5.41) is 0. The van der Waals surface area contributed by atoms with Crippen molar-refractivity contribution in [3.05, 3.63) is 48.2 Å². The minimum atomic E-state index is 0.667. The van der Waals surface area contributed by atoms with E-state index < -0.39 is 0 Å². The Bertz CT molecular complexity index is 409. The van der Waals surface area contributed by atoms with Crippen LogP contribution >= 0.6 is 0 Å². The van der Waals surface area contributed by atoms with Crippen LogP contribution in [-0.4, -0.2) is 12.3 Å². The Balaban J connectivity index is -0.000000320. The zero-order chi connectivity index (χ0) is 21.3. The largest absolute Gasteiger partial charge is 0.403 e. The van der Waals surface area contributed by atoms with Crippen LogP contribution in [0.2, 0.25) is 0 Å². The molecule has 0 spiro atoms. The molecule has 1 aromatic carbocycles. The third-order valence-electron chi connectivity index (χ3n) is 3.12. The topological polar surface area (TPSA) is 38.4 Å². The van der Waals surface area contributed by atoms with Gasteiger partial charge >= 0.3 is 0 Å². The van der Waals surface area contributed by atoms with Crippen LogP contribution in [0.15, 0.2) is 47.6 Å². The highest BCUT2D eigenvalue weighted by atomic mass is 14.7. The molecule has 0 fully saturated rings. The predicted octanol–water partition coefficient (Wildman–Crippen LogP) is 7.97. The van der Waals surface area contributed by atoms with Crippen molar-refractivity contribution in [2.45, 2.75) is 99.8 Å². The van der Waals surface area contributed by atoms with Gasteiger partial charge in [-0.2, -0.15) is 0 Å². The normalized spacial score (nSPS) is 8.70. The number of rotatable bonds is 8. The maximum absolute atomic E-state index is 4.92. The Morgan fingerprint density at radius 1 is 0.889 bits per heavy atom. The maximum Gasteiger partial charge on any atom is 0.0360 e. The summed E-state index contributed by atoms with van der Waals surface area (Å²) >= 11 is 0. The quantitative estimate of drug-likeness (QED) is 0.459. The van der Waals surface area contributed by atoms with Crippen molar-refractivity contribution in [2.75, 3.05) is 6.54 Å². The molecule has 27 heavy (non-hydrogen) atoms. The second-order valence-electron chi connectivity index (χ2n) is 6.68. The van der Waals surface area contributed by atoms with Crippen LogP contribution in [-0.2, 0) is 6.42 Å². The van der Waals surface area contributed by atoms with E-state index in [9.17, 15) is 0 Å². The molecule has 0 aliphatic rings. The molecule has 1 aromatic rings. The van der Waals surface area contributed by atoms with Crippen molar-refractivity contribution >= 4 is 5.71 Å². The zero-order valence-electron chi connectivity index (χ0n) is 19.5. The predicted molar refractivity (Wildman–Crippen MR) is 128 cm³/mol. The van der Waals surface area contributed by atoms with E-state index >= 15 is 0 Å². The first-order valence-corrected chi connectivity index (χ1v) is 10.9. The number of hydrogen-bond donors (Lipinski definition) is 1. The fraction of sp³-hybridized carbons (Fsp3) is 0.640. The summed E-state index contributed by atoms with van der Waals surface area (Å²) in [6, 6.07) is 10.6. The monoisotopic (exact) mass is 376 g/mol. The van der Waals surface area contributed by atoms with E-state index in [1.54, 1.807) is 6.92 Å². The molecule has 0 aliphatic heterocycles. The second-order valence-corrected chi connectivity index (χ2v) is 6.68. The van der Waals surface area contributed by atoms with E-state index in [0.29, 0.717) is 5.70 Å². The number of hydrogen-bond acceptors (Lipinski definition) is 2. The summed E-state index contributed by atoms with van der Waals surface area (Å²) in [5.41, 5.74) is 8.46. The van der Waals surface area contributed by atoms with Crippen molar-refractivity contribution in [3.8, 4) is 0 Å². The lowest BCUT2D eigenvalue weighted by atomic mass is 10.1. The molecule has 158 valence electrons. The summed E-state index contributed by atoms with van der Waals surface area (Å²) in [7, 11) is 0. The number of nitrogens with zero attached hydrogens (tertiary/aromatic N) is 1. The van der Waals surface area contributed by atoms with Crippen LogP contribution in [0, 0.1) is 0 Å². The van der Waals surface area contributed by atoms with Crippen molar-refractivity contribution in [1.29, 1.82) is 0 Å². The average Bonchev–Trinajstić information content (AvgIpc) is 2.62. The molecule has 0 heterocycles. The van der Waals surface area contributed by atoms with Crippen molar-refractivity contribution < 1.29 is 0 Å². The molecule has 1 rings (SSSR count). The standard InChI is InChI=1S/C10H14.C9H19N.C3H7N.C3H8/c1-2-3-7-10-8-5-4-6-9-10;1-4-7-9(8-5-2)10-6-3;1-3(2)4;1-3-2/h4-6,8-9H,2-3,7H2,1H3;4-8H2,1-3H3;1,4H2,2H3;3H2,1-2H3. The highest BCUT2D eigenvalue weighted by molar-refractivity contribution is 5.84. The van der Waals surface area contributed by atoms with E-state index in [2.05, 4.69) is 83.4 Å². The molecule has 2 heteroatoms. The number of allylic oxidation sites excluding steroid dienone is 1. The van der Waals surface area contributed by atoms with Crippen LogP contribution in [0.4, 0.5) is 0 Å². The average molecular weight is 377 g/mol. The maximum atomic E-state index is 4.92. The molecule has 0 saturated carbocycles. The van der Waals surface area contributed by atoms with Gasteiger partial charge in [-0.25, -0.2) is 0 Å². The first-order valence-electron chi connectivity index (χ1n) is 10.9. The molecular formula is C25H48N2. The molecule has 0 amide bonds. The van der Waals surface area contributed by atoms with E-state index in [1.807, 2.05) is 0 Å². The number of nitrogens with two attached hydrogens (primary N) is 1. The molecule has 0 bridgehead atoms. The first-order chi connectivity index (χ1) is 12.9. The van der Waals surface area contributed by atoms with Crippen LogP contribution in [0.5, 0.6) is 0 Å². The fourth-order valence-corrected chi connectivity index (χ4v) is 2.11. The van der Waals surface area contributed by atoms with Crippen LogP contribution in [0.3, 0.4) is 0 Å². The summed E-state index contributed by atoms with van der Waals surface area (Å²) in [6.45, 7) is 19.0. The number of unbranched alkanes of at least 4 members (excludes halogenated alkanes) is 1. The second kappa shape index (κ2) is 26.7. The Hall–Kier alpha value is -1.57. The van der Waals surface area contributed by atoms with Crippen molar-refractivity contribution in [2.24, 2.45) is 10.7 Å². The molecule has 0 radical (unpaired) electrons.